The fourth-order valence-corrected chi connectivity index (χ4v) is 1.06. The second kappa shape index (κ2) is 4.35. The highest BCUT2D eigenvalue weighted by atomic mass is 16.3. The Kier molecular flexibility index (Phi) is 3.16. The van der Waals surface area contributed by atoms with Gasteiger partial charge in [0.15, 0.2) is 0 Å². The molecule has 0 fully saturated rings. The number of nitrogens with zero attached hydrogens (tertiary/aromatic N) is 1. The maximum Gasteiger partial charge on any atom is 0.148 e. The predicted molar refractivity (Wildman–Crippen MR) is 51.3 cm³/mol. The van der Waals surface area contributed by atoms with Gasteiger partial charge in [0.25, 0.3) is 0 Å². The van der Waals surface area contributed by atoms with Crippen LogP contribution in [0.15, 0.2) is 36.4 Å². The zero-order valence-corrected chi connectivity index (χ0v) is 7.47. The van der Waals surface area contributed by atoms with Crippen molar-refractivity contribution < 1.29 is 9.90 Å². The molecule has 1 N–H and O–H groups in total. The van der Waals surface area contributed by atoms with Gasteiger partial charge < -0.3 is 5.11 Å². The topological polar surface area (TPSA) is 61.1 Å². The van der Waals surface area contributed by atoms with Crippen molar-refractivity contribution in [2.45, 2.75) is 6.10 Å². The standard InChI is InChI=1S/C11H9NO2/c1-8(7-13)11(14)10-4-2-3-9(5-10)6-12/h2-5,7,11,14H,1H2/t11-/m0/s1. The lowest BCUT2D eigenvalue weighted by atomic mass is 10.0. The lowest BCUT2D eigenvalue weighted by Crippen LogP contribution is -2.01. The van der Waals surface area contributed by atoms with Crippen molar-refractivity contribution in [1.82, 2.24) is 0 Å². The van der Waals surface area contributed by atoms with Gasteiger partial charge in [0, 0.05) is 5.57 Å². The van der Waals surface area contributed by atoms with Crippen LogP contribution in [-0.4, -0.2) is 11.4 Å². The average molecular weight is 187 g/mol. The van der Waals surface area contributed by atoms with E-state index in [1.807, 2.05) is 6.07 Å². The summed E-state index contributed by atoms with van der Waals surface area (Å²) in [5.41, 5.74) is 1.03. The molecule has 0 saturated carbocycles. The summed E-state index contributed by atoms with van der Waals surface area (Å²) in [4.78, 5) is 10.3. The number of aldehydes is 1. The first-order valence-corrected chi connectivity index (χ1v) is 4.01. The third-order valence-electron chi connectivity index (χ3n) is 1.83. The molecule has 0 aromatic heterocycles. The lowest BCUT2D eigenvalue weighted by Gasteiger charge is -2.09. The first kappa shape index (κ1) is 10.2. The molecule has 0 amide bonds. The fraction of sp³-hybridized carbons (Fsp3) is 0.0909. The van der Waals surface area contributed by atoms with Crippen molar-refractivity contribution in [2.24, 2.45) is 0 Å². The number of aliphatic hydroxyl groups is 1. The molecule has 70 valence electrons. The number of carbonyl (C=O) groups is 1. The first-order valence-electron chi connectivity index (χ1n) is 4.01. The molecule has 14 heavy (non-hydrogen) atoms. The molecule has 3 nitrogen and oxygen atoms in total. The van der Waals surface area contributed by atoms with Crippen LogP contribution in [0.3, 0.4) is 0 Å². The Morgan fingerprint density at radius 1 is 1.64 bits per heavy atom. The van der Waals surface area contributed by atoms with Crippen LogP contribution in [0.25, 0.3) is 0 Å². The van der Waals surface area contributed by atoms with Crippen LogP contribution >= 0.6 is 0 Å². The lowest BCUT2D eigenvalue weighted by molar-refractivity contribution is -0.105. The normalized spacial score (nSPS) is 11.4. The van der Waals surface area contributed by atoms with E-state index in [-0.39, 0.29) is 5.57 Å². The van der Waals surface area contributed by atoms with Gasteiger partial charge in [-0.05, 0) is 17.7 Å². The Bertz CT molecular complexity index is 404. The second-order valence-corrected chi connectivity index (χ2v) is 2.83. The quantitative estimate of drug-likeness (QED) is 0.573. The summed E-state index contributed by atoms with van der Waals surface area (Å²) in [5, 5.41) is 18.2. The molecule has 1 atom stereocenters. The van der Waals surface area contributed by atoms with Gasteiger partial charge in [-0.25, -0.2) is 0 Å². The Labute approximate surface area is 81.9 Å². The summed E-state index contributed by atoms with van der Waals surface area (Å²) >= 11 is 0. The molecule has 0 aliphatic rings. The molecule has 3 heteroatoms. The van der Waals surface area contributed by atoms with Gasteiger partial charge >= 0.3 is 0 Å². The van der Waals surface area contributed by atoms with Crippen LogP contribution in [0.5, 0.6) is 0 Å². The highest BCUT2D eigenvalue weighted by Crippen LogP contribution is 2.19. The monoisotopic (exact) mass is 187 g/mol. The summed E-state index contributed by atoms with van der Waals surface area (Å²) < 4.78 is 0. The summed E-state index contributed by atoms with van der Waals surface area (Å²) in [6.07, 6.45) is -0.523. The number of aliphatic hydroxyl groups excluding tert-OH is 1. The zero-order chi connectivity index (χ0) is 10.6. The Morgan fingerprint density at radius 3 is 2.93 bits per heavy atom. The molecule has 0 heterocycles. The predicted octanol–water partition coefficient (Wildman–Crippen LogP) is 1.35. The summed E-state index contributed by atoms with van der Waals surface area (Å²) in [6, 6.07) is 8.39. The summed E-state index contributed by atoms with van der Waals surface area (Å²) in [5.74, 6) is 0. The molecule has 1 aromatic rings. The van der Waals surface area contributed by atoms with E-state index in [2.05, 4.69) is 6.58 Å². The number of carbonyl (C=O) groups excluding carboxylic acids is 1. The van der Waals surface area contributed by atoms with E-state index >= 15 is 0 Å². The Morgan fingerprint density at radius 2 is 2.36 bits per heavy atom. The van der Waals surface area contributed by atoms with Crippen LogP contribution in [0, 0.1) is 11.3 Å². The van der Waals surface area contributed by atoms with Gasteiger partial charge in [0.05, 0.1) is 11.6 Å². The van der Waals surface area contributed by atoms with Crippen molar-refractivity contribution >= 4 is 6.29 Å². The molecule has 1 rings (SSSR count). The minimum Gasteiger partial charge on any atom is -0.384 e. The van der Waals surface area contributed by atoms with Crippen LogP contribution < -0.4 is 0 Å². The highest BCUT2D eigenvalue weighted by molar-refractivity contribution is 5.74. The van der Waals surface area contributed by atoms with Gasteiger partial charge in [-0.15, -0.1) is 0 Å². The van der Waals surface area contributed by atoms with E-state index in [1.165, 1.54) is 6.07 Å². The summed E-state index contributed by atoms with van der Waals surface area (Å²) in [7, 11) is 0. The van der Waals surface area contributed by atoms with Crippen molar-refractivity contribution in [1.29, 1.82) is 5.26 Å². The van der Waals surface area contributed by atoms with E-state index in [0.717, 1.165) is 0 Å². The van der Waals surface area contributed by atoms with E-state index in [4.69, 9.17) is 5.26 Å². The van der Waals surface area contributed by atoms with Crippen molar-refractivity contribution in [3.05, 3.63) is 47.5 Å². The fourth-order valence-electron chi connectivity index (χ4n) is 1.06. The maximum absolute atomic E-state index is 10.3. The van der Waals surface area contributed by atoms with Crippen molar-refractivity contribution in [3.63, 3.8) is 0 Å². The number of hydrogen-bond acceptors (Lipinski definition) is 3. The molecule has 0 radical (unpaired) electrons. The zero-order valence-electron chi connectivity index (χ0n) is 7.47. The van der Waals surface area contributed by atoms with Gasteiger partial charge in [-0.3, -0.25) is 4.79 Å². The third kappa shape index (κ3) is 2.06. The number of rotatable bonds is 3. The van der Waals surface area contributed by atoms with Gasteiger partial charge in [-0.2, -0.15) is 5.26 Å². The smallest absolute Gasteiger partial charge is 0.148 e. The SMILES string of the molecule is C=C(C=O)[C@H](O)c1cccc(C#N)c1. The minimum absolute atomic E-state index is 0.0834. The molecule has 1 aromatic carbocycles. The number of benzene rings is 1. The highest BCUT2D eigenvalue weighted by Gasteiger charge is 2.10. The largest absolute Gasteiger partial charge is 0.384 e. The molecule has 0 aliphatic carbocycles. The van der Waals surface area contributed by atoms with Gasteiger partial charge in [-0.1, -0.05) is 18.7 Å². The Hall–Kier alpha value is -1.92. The van der Waals surface area contributed by atoms with Gasteiger partial charge in [0.2, 0.25) is 0 Å². The van der Waals surface area contributed by atoms with E-state index in [0.29, 0.717) is 17.4 Å². The van der Waals surface area contributed by atoms with E-state index < -0.39 is 6.10 Å². The molecule has 0 saturated heterocycles. The second-order valence-electron chi connectivity index (χ2n) is 2.83. The molecule has 0 bridgehead atoms. The minimum atomic E-state index is -1.03. The third-order valence-corrected chi connectivity index (χ3v) is 1.83. The molecule has 0 unspecified atom stereocenters. The summed E-state index contributed by atoms with van der Waals surface area (Å²) in [6.45, 7) is 3.40. The molecule has 0 spiro atoms. The van der Waals surface area contributed by atoms with Crippen LogP contribution in [0.1, 0.15) is 17.2 Å². The molecular weight excluding hydrogens is 178 g/mol. The van der Waals surface area contributed by atoms with Crippen LogP contribution in [-0.2, 0) is 4.79 Å². The number of nitriles is 1. The van der Waals surface area contributed by atoms with Crippen molar-refractivity contribution in [2.75, 3.05) is 0 Å². The maximum atomic E-state index is 10.3. The van der Waals surface area contributed by atoms with Gasteiger partial charge in [0.1, 0.15) is 12.4 Å². The van der Waals surface area contributed by atoms with Crippen LogP contribution in [0.2, 0.25) is 0 Å². The first-order chi connectivity index (χ1) is 6.69. The Balaban J connectivity index is 3.02. The number of hydrogen-bond donors (Lipinski definition) is 1. The van der Waals surface area contributed by atoms with Crippen molar-refractivity contribution in [3.8, 4) is 6.07 Å². The van der Waals surface area contributed by atoms with E-state index in [1.54, 1.807) is 18.2 Å². The average Bonchev–Trinajstić information content (AvgIpc) is 2.27. The van der Waals surface area contributed by atoms with E-state index in [9.17, 15) is 9.90 Å². The molecular formula is C11H9NO2. The van der Waals surface area contributed by atoms with Crippen LogP contribution in [0.4, 0.5) is 0 Å². The molecule has 0 aliphatic heterocycles.